The second-order valence-corrected chi connectivity index (χ2v) is 15.5. The lowest BCUT2D eigenvalue weighted by Gasteiger charge is -2.32. The van der Waals surface area contributed by atoms with Gasteiger partial charge in [-0.05, 0) is 60.5 Å². The lowest BCUT2D eigenvalue weighted by atomic mass is 10.2. The molecule has 2 rings (SSSR count). The van der Waals surface area contributed by atoms with Crippen molar-refractivity contribution in [1.29, 1.82) is 0 Å². The minimum Gasteiger partial charge on any atom is -0.497 e. The van der Waals surface area contributed by atoms with Crippen LogP contribution in [0.4, 0.5) is 0 Å². The Morgan fingerprint density at radius 1 is 0.816 bits per heavy atom. The van der Waals surface area contributed by atoms with E-state index >= 15 is 0 Å². The summed E-state index contributed by atoms with van der Waals surface area (Å²) < 4.78 is 46.0. The van der Waals surface area contributed by atoms with Crippen molar-refractivity contribution in [3.8, 4) is 23.5 Å². The maximum atomic E-state index is 13.7. The van der Waals surface area contributed by atoms with E-state index in [1.165, 1.54) is 4.31 Å². The van der Waals surface area contributed by atoms with Crippen LogP contribution in [-0.4, -0.2) is 48.4 Å². The molecule has 6 nitrogen and oxygen atoms in total. The smallest absolute Gasteiger partial charge is 0.271 e. The van der Waals surface area contributed by atoms with Gasteiger partial charge in [-0.1, -0.05) is 71.4 Å². The maximum Gasteiger partial charge on any atom is 0.271 e. The summed E-state index contributed by atoms with van der Waals surface area (Å²) >= 11 is 0. The largest absolute Gasteiger partial charge is 0.497 e. The molecule has 0 radical (unpaired) electrons. The first-order chi connectivity index (χ1) is 18.4. The molecule has 0 spiro atoms. The SMILES string of the molecule is CCCC[Si](CCCC)(CCCC)OCCN(C#Cc1ccccc1OC)S(=O)(=O)c1ccc(OC)cc1. The molecule has 0 N–H and O–H groups in total. The van der Waals surface area contributed by atoms with Gasteiger partial charge in [-0.3, -0.25) is 0 Å². The maximum absolute atomic E-state index is 13.7. The van der Waals surface area contributed by atoms with Crippen molar-refractivity contribution in [1.82, 2.24) is 4.31 Å². The van der Waals surface area contributed by atoms with E-state index in [4.69, 9.17) is 13.9 Å². The van der Waals surface area contributed by atoms with Gasteiger partial charge in [-0.25, -0.2) is 12.7 Å². The normalized spacial score (nSPS) is 11.5. The Kier molecular flexibility index (Phi) is 13.8. The van der Waals surface area contributed by atoms with E-state index in [1.54, 1.807) is 38.5 Å². The van der Waals surface area contributed by atoms with E-state index in [0.717, 1.165) is 56.7 Å². The minimum atomic E-state index is -3.89. The molecule has 2 aromatic carbocycles. The number of rotatable bonds is 17. The van der Waals surface area contributed by atoms with Gasteiger partial charge >= 0.3 is 0 Å². The van der Waals surface area contributed by atoms with Crippen LogP contribution in [0.3, 0.4) is 0 Å². The molecule has 0 unspecified atom stereocenters. The van der Waals surface area contributed by atoms with Gasteiger partial charge in [0.25, 0.3) is 10.0 Å². The van der Waals surface area contributed by atoms with Crippen molar-refractivity contribution >= 4 is 18.3 Å². The van der Waals surface area contributed by atoms with E-state index in [-0.39, 0.29) is 11.4 Å². The summed E-state index contributed by atoms with van der Waals surface area (Å²) in [6, 6.07) is 20.0. The minimum absolute atomic E-state index is 0.162. The Morgan fingerprint density at radius 2 is 1.39 bits per heavy atom. The average Bonchev–Trinajstić information content (AvgIpc) is 2.95. The van der Waals surface area contributed by atoms with Crippen LogP contribution < -0.4 is 9.47 Å². The zero-order valence-corrected chi connectivity index (χ0v) is 25.6. The molecule has 0 bridgehead atoms. The highest BCUT2D eigenvalue weighted by atomic mass is 32.2. The Balaban J connectivity index is 2.37. The number of hydrogen-bond donors (Lipinski definition) is 0. The molecule has 38 heavy (non-hydrogen) atoms. The van der Waals surface area contributed by atoms with Crippen LogP contribution in [0.5, 0.6) is 11.5 Å². The fraction of sp³-hybridized carbons (Fsp3) is 0.533. The van der Waals surface area contributed by atoms with Gasteiger partial charge in [-0.15, -0.1) is 0 Å². The number of nitrogens with zero attached hydrogens (tertiary/aromatic N) is 1. The number of unbranched alkanes of at least 4 members (excludes halogenated alkanes) is 3. The summed E-state index contributed by atoms with van der Waals surface area (Å²) in [5.74, 6) is 4.21. The van der Waals surface area contributed by atoms with E-state index in [1.807, 2.05) is 24.3 Å². The second-order valence-electron chi connectivity index (χ2n) is 9.53. The molecule has 0 saturated carbocycles. The van der Waals surface area contributed by atoms with Gasteiger partial charge in [0.05, 0.1) is 37.8 Å². The third-order valence-corrected chi connectivity index (χ3v) is 13.1. The van der Waals surface area contributed by atoms with Crippen molar-refractivity contribution in [3.63, 3.8) is 0 Å². The molecule has 2 aromatic rings. The molecular formula is C30H45NO5SSi. The Morgan fingerprint density at radius 3 is 1.92 bits per heavy atom. The lowest BCUT2D eigenvalue weighted by Crippen LogP contribution is -2.41. The Bertz CT molecular complexity index is 1100. The fourth-order valence-corrected chi connectivity index (χ4v) is 10.3. The number of sulfonamides is 1. The van der Waals surface area contributed by atoms with E-state index in [0.29, 0.717) is 23.7 Å². The first kappa shape index (κ1) is 31.7. The summed E-state index contributed by atoms with van der Waals surface area (Å²) in [4.78, 5) is 0.166. The van der Waals surface area contributed by atoms with Crippen molar-refractivity contribution < 1.29 is 22.3 Å². The molecule has 0 aliphatic rings. The molecule has 0 aromatic heterocycles. The van der Waals surface area contributed by atoms with Gasteiger partial charge in [-0.2, -0.15) is 0 Å². The van der Waals surface area contributed by atoms with Crippen LogP contribution in [-0.2, 0) is 14.4 Å². The number of ether oxygens (including phenoxy) is 2. The van der Waals surface area contributed by atoms with Crippen molar-refractivity contribution in [2.45, 2.75) is 82.3 Å². The molecule has 0 saturated heterocycles. The Hall–Kier alpha value is -2.47. The molecule has 0 aliphatic heterocycles. The van der Waals surface area contributed by atoms with Crippen LogP contribution in [0, 0.1) is 12.0 Å². The first-order valence-electron chi connectivity index (χ1n) is 13.8. The molecule has 0 fully saturated rings. The van der Waals surface area contributed by atoms with Gasteiger partial charge in [0.2, 0.25) is 0 Å². The highest BCUT2D eigenvalue weighted by Gasteiger charge is 2.33. The van der Waals surface area contributed by atoms with Crippen molar-refractivity contribution in [2.24, 2.45) is 0 Å². The zero-order valence-electron chi connectivity index (χ0n) is 23.8. The molecule has 0 heterocycles. The number of para-hydroxylation sites is 1. The summed E-state index contributed by atoms with van der Waals surface area (Å²) in [5.41, 5.74) is 0.628. The van der Waals surface area contributed by atoms with Crippen LogP contribution in [0.2, 0.25) is 18.1 Å². The van der Waals surface area contributed by atoms with E-state index in [9.17, 15) is 8.42 Å². The van der Waals surface area contributed by atoms with Gasteiger partial charge < -0.3 is 13.9 Å². The highest BCUT2D eigenvalue weighted by molar-refractivity contribution is 7.89. The standard InChI is InChI=1S/C30H45NO5SSi/c1-6-9-24-38(25-10-7-2,26-11-8-3)36-23-22-31(21-20-27-14-12-13-15-30(27)35-5)37(32,33)29-18-16-28(34-4)17-19-29/h12-19H,6-11,22-26H2,1-5H3. The van der Waals surface area contributed by atoms with Crippen LogP contribution >= 0.6 is 0 Å². The van der Waals surface area contributed by atoms with Gasteiger partial charge in [0.1, 0.15) is 11.5 Å². The molecule has 0 aliphatic carbocycles. The predicted octanol–water partition coefficient (Wildman–Crippen LogP) is 7.07. The number of hydrogen-bond acceptors (Lipinski definition) is 5. The first-order valence-corrected chi connectivity index (χ1v) is 17.8. The highest BCUT2D eigenvalue weighted by Crippen LogP contribution is 2.30. The summed E-state index contributed by atoms with van der Waals surface area (Å²) in [6.07, 6.45) is 6.87. The van der Waals surface area contributed by atoms with Gasteiger partial charge in [0.15, 0.2) is 8.32 Å². The van der Waals surface area contributed by atoms with Crippen LogP contribution in [0.25, 0.3) is 0 Å². The summed E-state index contributed by atoms with van der Waals surface area (Å²) in [7, 11) is -2.74. The van der Waals surface area contributed by atoms with E-state index < -0.39 is 18.3 Å². The quantitative estimate of drug-likeness (QED) is 0.118. The third kappa shape index (κ3) is 9.37. The van der Waals surface area contributed by atoms with Crippen molar-refractivity contribution in [2.75, 3.05) is 27.4 Å². The van der Waals surface area contributed by atoms with Crippen LogP contribution in [0.15, 0.2) is 53.4 Å². The summed E-state index contributed by atoms with van der Waals surface area (Å²) in [5, 5.41) is 0. The summed E-state index contributed by atoms with van der Waals surface area (Å²) in [6.45, 7) is 7.15. The third-order valence-electron chi connectivity index (χ3n) is 6.73. The molecule has 0 atom stereocenters. The fourth-order valence-electron chi connectivity index (χ4n) is 4.41. The van der Waals surface area contributed by atoms with Crippen molar-refractivity contribution in [3.05, 3.63) is 54.1 Å². The average molecular weight is 560 g/mol. The second kappa shape index (κ2) is 16.5. The van der Waals surface area contributed by atoms with Gasteiger partial charge in [0, 0.05) is 6.04 Å². The zero-order chi connectivity index (χ0) is 27.9. The topological polar surface area (TPSA) is 65.1 Å². The number of methoxy groups -OCH3 is 2. The molecule has 0 amide bonds. The molecule has 8 heteroatoms. The molecule has 210 valence electrons. The Labute approximate surface area is 231 Å². The monoisotopic (exact) mass is 559 g/mol. The lowest BCUT2D eigenvalue weighted by molar-refractivity contribution is 0.276. The number of benzene rings is 2. The van der Waals surface area contributed by atoms with Crippen LogP contribution in [0.1, 0.15) is 64.9 Å². The predicted molar refractivity (Wildman–Crippen MR) is 158 cm³/mol. The van der Waals surface area contributed by atoms with E-state index in [2.05, 4.69) is 32.7 Å². The molecular weight excluding hydrogens is 514 g/mol.